The maximum atomic E-state index is 13.4. The third kappa shape index (κ3) is 4.46. The molecule has 1 aliphatic rings. The number of carbonyl (C=O) groups excluding carboxylic acids is 2. The van der Waals surface area contributed by atoms with Gasteiger partial charge < -0.3 is 14.7 Å². The summed E-state index contributed by atoms with van der Waals surface area (Å²) in [5.41, 5.74) is 3.00. The number of benzene rings is 2. The number of aromatic nitrogens is 4. The van der Waals surface area contributed by atoms with Crippen LogP contribution in [0.4, 0.5) is 5.82 Å². The number of aryl methyl sites for hydroxylation is 1. The van der Waals surface area contributed by atoms with Gasteiger partial charge in [-0.1, -0.05) is 53.2 Å². The Labute approximate surface area is 226 Å². The highest BCUT2D eigenvalue weighted by atomic mass is 35.5. The molecule has 0 aliphatic carbocycles. The molecule has 5 aromatic rings. The summed E-state index contributed by atoms with van der Waals surface area (Å²) in [6.07, 6.45) is 1.51. The largest absolute Gasteiger partial charge is 0.360 e. The number of piperidine rings is 1. The fourth-order valence-electron chi connectivity index (χ4n) is 4.78. The van der Waals surface area contributed by atoms with Crippen molar-refractivity contribution in [1.29, 1.82) is 0 Å². The summed E-state index contributed by atoms with van der Waals surface area (Å²) in [6, 6.07) is 15.0. The number of aromatic amines is 1. The highest BCUT2D eigenvalue weighted by Crippen LogP contribution is 2.33. The summed E-state index contributed by atoms with van der Waals surface area (Å²) in [5.74, 6) is 0.631. The molecule has 192 valence electrons. The molecule has 0 unspecified atom stereocenters. The number of thiazole rings is 1. The minimum Gasteiger partial charge on any atom is -0.360 e. The first-order chi connectivity index (χ1) is 18.5. The molecule has 4 heterocycles. The second-order valence-corrected chi connectivity index (χ2v) is 10.5. The second-order valence-electron chi connectivity index (χ2n) is 9.15. The number of nitrogens with one attached hydrogen (secondary N) is 2. The van der Waals surface area contributed by atoms with Crippen LogP contribution in [0.15, 0.2) is 58.4 Å². The highest BCUT2D eigenvalue weighted by Gasteiger charge is 2.31. The van der Waals surface area contributed by atoms with Gasteiger partial charge in [-0.25, -0.2) is 4.98 Å². The summed E-state index contributed by atoms with van der Waals surface area (Å²) in [5, 5.41) is 17.8. The fraction of sp³-hybridized carbons (Fsp3) is 0.222. The van der Waals surface area contributed by atoms with Crippen molar-refractivity contribution < 1.29 is 14.1 Å². The molecule has 0 bridgehead atoms. The fourth-order valence-corrected chi connectivity index (χ4v) is 6.01. The summed E-state index contributed by atoms with van der Waals surface area (Å²) in [6.45, 7) is 2.93. The van der Waals surface area contributed by atoms with Crippen LogP contribution in [0.25, 0.3) is 22.2 Å². The monoisotopic (exact) mass is 546 g/mol. The zero-order valence-electron chi connectivity index (χ0n) is 20.4. The number of carbonyl (C=O) groups is 2. The van der Waals surface area contributed by atoms with Crippen molar-refractivity contribution in [3.05, 3.63) is 81.0 Å². The predicted octanol–water partition coefficient (Wildman–Crippen LogP) is 5.91. The number of hydrogen-bond donors (Lipinski definition) is 2. The topological polar surface area (TPSA) is 117 Å². The van der Waals surface area contributed by atoms with Gasteiger partial charge in [-0.15, -0.1) is 11.3 Å². The van der Waals surface area contributed by atoms with Crippen LogP contribution in [0, 0.1) is 6.92 Å². The normalized spacial score (nSPS) is 14.2. The molecule has 3 aromatic heterocycles. The molecule has 0 saturated carbocycles. The number of halogens is 1. The first-order valence-corrected chi connectivity index (χ1v) is 13.5. The molecular weight excluding hydrogens is 524 g/mol. The second kappa shape index (κ2) is 10.0. The molecule has 0 spiro atoms. The summed E-state index contributed by atoms with van der Waals surface area (Å²) < 4.78 is 5.39. The van der Waals surface area contributed by atoms with Gasteiger partial charge in [0.05, 0.1) is 20.9 Å². The van der Waals surface area contributed by atoms with Crippen LogP contribution in [-0.4, -0.2) is 50.1 Å². The van der Waals surface area contributed by atoms with Gasteiger partial charge in [0.15, 0.2) is 5.82 Å². The Kier molecular flexibility index (Phi) is 6.42. The number of fused-ring (bicyclic) bond motifs is 1. The van der Waals surface area contributed by atoms with Gasteiger partial charge in [0, 0.05) is 30.0 Å². The summed E-state index contributed by atoms with van der Waals surface area (Å²) in [4.78, 5) is 32.8. The number of H-pyrrole nitrogens is 1. The first kappa shape index (κ1) is 24.3. The molecule has 11 heteroatoms. The average Bonchev–Trinajstić information content (AvgIpc) is 3.68. The molecule has 9 nitrogen and oxygen atoms in total. The number of amides is 2. The van der Waals surface area contributed by atoms with E-state index in [9.17, 15) is 9.59 Å². The van der Waals surface area contributed by atoms with Crippen molar-refractivity contribution in [2.75, 3.05) is 18.4 Å². The van der Waals surface area contributed by atoms with Crippen LogP contribution in [0.2, 0.25) is 5.02 Å². The Morgan fingerprint density at radius 3 is 2.71 bits per heavy atom. The first-order valence-electron chi connectivity index (χ1n) is 12.2. The van der Waals surface area contributed by atoms with Crippen molar-refractivity contribution >= 4 is 51.5 Å². The Bertz CT molecular complexity index is 1640. The zero-order valence-corrected chi connectivity index (χ0v) is 22.0. The highest BCUT2D eigenvalue weighted by molar-refractivity contribution is 7.10. The molecule has 0 atom stereocenters. The predicted molar refractivity (Wildman–Crippen MR) is 146 cm³/mol. The molecule has 6 rings (SSSR count). The molecule has 2 aromatic carbocycles. The SMILES string of the molecule is Cc1onc(-c2ccccc2)c1C(=O)N1CCC(c2nc(C(=O)Nc3n[nH]c4cccc(Cl)c34)cs2)CC1. The van der Waals surface area contributed by atoms with E-state index in [2.05, 4.69) is 25.7 Å². The van der Waals surface area contributed by atoms with Crippen molar-refractivity contribution in [3.63, 3.8) is 0 Å². The van der Waals surface area contributed by atoms with Crippen LogP contribution in [0.1, 0.15) is 50.4 Å². The van der Waals surface area contributed by atoms with Crippen molar-refractivity contribution in [3.8, 4) is 11.3 Å². The molecule has 38 heavy (non-hydrogen) atoms. The van der Waals surface area contributed by atoms with Gasteiger partial charge in [-0.2, -0.15) is 5.10 Å². The average molecular weight is 547 g/mol. The summed E-state index contributed by atoms with van der Waals surface area (Å²) >= 11 is 7.75. The Morgan fingerprint density at radius 1 is 1.13 bits per heavy atom. The van der Waals surface area contributed by atoms with E-state index in [0.29, 0.717) is 52.0 Å². The van der Waals surface area contributed by atoms with Gasteiger partial charge in [-0.05, 0) is 31.9 Å². The van der Waals surface area contributed by atoms with Crippen LogP contribution in [-0.2, 0) is 0 Å². The smallest absolute Gasteiger partial charge is 0.276 e. The van der Waals surface area contributed by atoms with Gasteiger partial charge in [-0.3, -0.25) is 14.7 Å². The molecule has 1 saturated heterocycles. The number of nitrogens with zero attached hydrogens (tertiary/aromatic N) is 4. The number of rotatable bonds is 5. The van der Waals surface area contributed by atoms with Gasteiger partial charge >= 0.3 is 0 Å². The van der Waals surface area contributed by atoms with E-state index in [4.69, 9.17) is 16.1 Å². The zero-order chi connectivity index (χ0) is 26.2. The Morgan fingerprint density at radius 2 is 1.92 bits per heavy atom. The standard InChI is InChI=1S/C27H23ClN6O3S/c1-15-21(23(33-37-15)16-6-3-2-4-7-16)27(36)34-12-10-17(11-13-34)26-29-20(14-38-26)25(35)30-24-22-18(28)8-5-9-19(22)31-32-24/h2-9,14,17H,10-13H2,1H3,(H2,30,31,32,35). The van der Waals surface area contributed by atoms with Crippen molar-refractivity contribution in [2.45, 2.75) is 25.7 Å². The van der Waals surface area contributed by atoms with E-state index in [-0.39, 0.29) is 17.7 Å². The molecule has 1 fully saturated rings. The Hall–Kier alpha value is -4.02. The van der Waals surface area contributed by atoms with E-state index in [1.807, 2.05) is 47.4 Å². The van der Waals surface area contributed by atoms with E-state index < -0.39 is 0 Å². The quantitative estimate of drug-likeness (QED) is 0.283. The van der Waals surface area contributed by atoms with Gasteiger partial charge in [0.1, 0.15) is 22.7 Å². The van der Waals surface area contributed by atoms with E-state index in [0.717, 1.165) is 28.9 Å². The molecule has 0 radical (unpaired) electrons. The molecule has 2 N–H and O–H groups in total. The Balaban J connectivity index is 1.12. The van der Waals surface area contributed by atoms with E-state index in [1.165, 1.54) is 11.3 Å². The lowest BCUT2D eigenvalue weighted by Gasteiger charge is -2.31. The molecule has 2 amide bonds. The van der Waals surface area contributed by atoms with Crippen LogP contribution in [0.5, 0.6) is 0 Å². The van der Waals surface area contributed by atoms with E-state index in [1.54, 1.807) is 18.4 Å². The molecular formula is C27H23ClN6O3S. The van der Waals surface area contributed by atoms with Gasteiger partial charge in [0.2, 0.25) is 0 Å². The van der Waals surface area contributed by atoms with E-state index >= 15 is 0 Å². The van der Waals surface area contributed by atoms with Crippen molar-refractivity contribution in [2.24, 2.45) is 0 Å². The van der Waals surface area contributed by atoms with Crippen LogP contribution in [0.3, 0.4) is 0 Å². The van der Waals surface area contributed by atoms with Gasteiger partial charge in [0.25, 0.3) is 11.8 Å². The number of anilines is 1. The maximum Gasteiger partial charge on any atom is 0.276 e. The lowest BCUT2D eigenvalue weighted by molar-refractivity contribution is 0.0711. The minimum absolute atomic E-state index is 0.0786. The molecule has 1 aliphatic heterocycles. The third-order valence-electron chi connectivity index (χ3n) is 6.78. The minimum atomic E-state index is -0.343. The van der Waals surface area contributed by atoms with Crippen molar-refractivity contribution in [1.82, 2.24) is 25.2 Å². The van der Waals surface area contributed by atoms with Crippen LogP contribution >= 0.6 is 22.9 Å². The third-order valence-corrected chi connectivity index (χ3v) is 8.10. The number of likely N-dealkylation sites (tertiary alicyclic amines) is 1. The maximum absolute atomic E-state index is 13.4. The number of hydrogen-bond acceptors (Lipinski definition) is 7. The lowest BCUT2D eigenvalue weighted by atomic mass is 9.96. The van der Waals surface area contributed by atoms with Crippen LogP contribution < -0.4 is 5.32 Å². The summed E-state index contributed by atoms with van der Waals surface area (Å²) in [7, 11) is 0. The lowest BCUT2D eigenvalue weighted by Crippen LogP contribution is -2.38.